The van der Waals surface area contributed by atoms with E-state index in [1.165, 1.54) is 25.9 Å². The van der Waals surface area contributed by atoms with Crippen LogP contribution in [-0.4, -0.2) is 49.8 Å². The Bertz CT molecular complexity index is 233. The Kier molecular flexibility index (Phi) is 7.96. The van der Waals surface area contributed by atoms with Gasteiger partial charge in [0.15, 0.2) is 0 Å². The third kappa shape index (κ3) is 5.41. The van der Waals surface area contributed by atoms with Gasteiger partial charge in [-0.3, -0.25) is 4.90 Å². The Labute approximate surface area is 120 Å². The summed E-state index contributed by atoms with van der Waals surface area (Å²) in [6.07, 6.45) is 2.51. The molecule has 1 aliphatic heterocycles. The molecular formula is C16H34N2O. The SMILES string of the molecule is CCOCC(C(C)C)N1CCCNC(C(C)CC)C1. The molecule has 1 rings (SSSR count). The van der Waals surface area contributed by atoms with Crippen molar-refractivity contribution in [2.75, 3.05) is 32.8 Å². The van der Waals surface area contributed by atoms with Crippen LogP contribution in [0.1, 0.15) is 47.5 Å². The van der Waals surface area contributed by atoms with E-state index in [4.69, 9.17) is 4.74 Å². The van der Waals surface area contributed by atoms with Crippen molar-refractivity contribution in [3.63, 3.8) is 0 Å². The van der Waals surface area contributed by atoms with Gasteiger partial charge in [-0.1, -0.05) is 34.1 Å². The Morgan fingerprint density at radius 1 is 1.26 bits per heavy atom. The van der Waals surface area contributed by atoms with Crippen LogP contribution in [-0.2, 0) is 4.74 Å². The van der Waals surface area contributed by atoms with E-state index in [0.717, 1.165) is 25.7 Å². The molecule has 3 unspecified atom stereocenters. The molecule has 1 heterocycles. The monoisotopic (exact) mass is 270 g/mol. The molecule has 0 radical (unpaired) electrons. The first-order valence-electron chi connectivity index (χ1n) is 8.15. The van der Waals surface area contributed by atoms with Gasteiger partial charge < -0.3 is 10.1 Å². The molecule has 0 aromatic rings. The van der Waals surface area contributed by atoms with E-state index >= 15 is 0 Å². The lowest BCUT2D eigenvalue weighted by Gasteiger charge is -2.36. The number of nitrogens with one attached hydrogen (secondary N) is 1. The predicted octanol–water partition coefficient (Wildman–Crippen LogP) is 2.76. The number of hydrogen-bond acceptors (Lipinski definition) is 3. The number of nitrogens with zero attached hydrogens (tertiary/aromatic N) is 1. The minimum atomic E-state index is 0.561. The highest BCUT2D eigenvalue weighted by molar-refractivity contribution is 4.85. The fourth-order valence-electron chi connectivity index (χ4n) is 2.90. The molecule has 1 aliphatic rings. The highest BCUT2D eigenvalue weighted by Gasteiger charge is 2.28. The van der Waals surface area contributed by atoms with E-state index < -0.39 is 0 Å². The zero-order chi connectivity index (χ0) is 14.3. The van der Waals surface area contributed by atoms with Crippen molar-refractivity contribution < 1.29 is 4.74 Å². The normalized spacial score (nSPS) is 25.3. The second-order valence-electron chi connectivity index (χ2n) is 6.27. The van der Waals surface area contributed by atoms with Crippen LogP contribution in [0.15, 0.2) is 0 Å². The molecule has 1 saturated heterocycles. The maximum atomic E-state index is 5.71. The van der Waals surface area contributed by atoms with E-state index in [2.05, 4.69) is 44.8 Å². The highest BCUT2D eigenvalue weighted by atomic mass is 16.5. The molecule has 0 amide bonds. The van der Waals surface area contributed by atoms with E-state index in [9.17, 15) is 0 Å². The maximum Gasteiger partial charge on any atom is 0.0624 e. The molecule has 0 saturated carbocycles. The largest absolute Gasteiger partial charge is 0.380 e. The van der Waals surface area contributed by atoms with Gasteiger partial charge in [-0.25, -0.2) is 0 Å². The Balaban J connectivity index is 2.65. The van der Waals surface area contributed by atoms with Gasteiger partial charge in [0.25, 0.3) is 0 Å². The van der Waals surface area contributed by atoms with E-state index in [1.807, 2.05) is 0 Å². The molecular weight excluding hydrogens is 236 g/mol. The smallest absolute Gasteiger partial charge is 0.0624 e. The lowest BCUT2D eigenvalue weighted by atomic mass is 9.97. The summed E-state index contributed by atoms with van der Waals surface area (Å²) in [5.41, 5.74) is 0. The Morgan fingerprint density at radius 2 is 2.00 bits per heavy atom. The minimum absolute atomic E-state index is 0.561. The van der Waals surface area contributed by atoms with Crippen molar-refractivity contribution in [1.29, 1.82) is 0 Å². The fraction of sp³-hybridized carbons (Fsp3) is 1.00. The quantitative estimate of drug-likeness (QED) is 0.770. The van der Waals surface area contributed by atoms with Crippen molar-refractivity contribution in [2.45, 2.75) is 59.5 Å². The average Bonchev–Trinajstić information content (AvgIpc) is 2.64. The molecule has 1 fully saturated rings. The van der Waals surface area contributed by atoms with Crippen molar-refractivity contribution in [2.24, 2.45) is 11.8 Å². The summed E-state index contributed by atoms with van der Waals surface area (Å²) in [7, 11) is 0. The molecule has 0 bridgehead atoms. The molecule has 114 valence electrons. The summed E-state index contributed by atoms with van der Waals surface area (Å²) < 4.78 is 5.71. The molecule has 3 heteroatoms. The standard InChI is InChI=1S/C16H34N2O/c1-6-14(5)15-11-18(10-8-9-17-15)16(13(3)4)12-19-7-2/h13-17H,6-12H2,1-5H3. The number of rotatable bonds is 7. The third-order valence-electron chi connectivity index (χ3n) is 4.52. The zero-order valence-corrected chi connectivity index (χ0v) is 13.6. The lowest BCUT2D eigenvalue weighted by molar-refractivity contribution is 0.0406. The molecule has 1 N–H and O–H groups in total. The molecule has 0 spiro atoms. The van der Waals surface area contributed by atoms with E-state index in [0.29, 0.717) is 18.0 Å². The van der Waals surface area contributed by atoms with Crippen molar-refractivity contribution >= 4 is 0 Å². The van der Waals surface area contributed by atoms with Crippen LogP contribution in [0, 0.1) is 11.8 Å². The van der Waals surface area contributed by atoms with Gasteiger partial charge in [0.1, 0.15) is 0 Å². The zero-order valence-electron chi connectivity index (χ0n) is 13.6. The molecule has 3 nitrogen and oxygen atoms in total. The van der Waals surface area contributed by atoms with Crippen molar-refractivity contribution in [3.05, 3.63) is 0 Å². The van der Waals surface area contributed by atoms with Gasteiger partial charge in [-0.15, -0.1) is 0 Å². The summed E-state index contributed by atoms with van der Waals surface area (Å²) in [6, 6.07) is 1.20. The van der Waals surface area contributed by atoms with Gasteiger partial charge in [0.05, 0.1) is 6.61 Å². The number of hydrogen-bond donors (Lipinski definition) is 1. The summed E-state index contributed by atoms with van der Waals surface area (Å²) >= 11 is 0. The minimum Gasteiger partial charge on any atom is -0.380 e. The number of ether oxygens (including phenoxy) is 1. The van der Waals surface area contributed by atoms with Crippen LogP contribution in [0.5, 0.6) is 0 Å². The summed E-state index contributed by atoms with van der Waals surface area (Å²) in [6.45, 7) is 16.6. The van der Waals surface area contributed by atoms with Crippen LogP contribution in [0.25, 0.3) is 0 Å². The highest BCUT2D eigenvalue weighted by Crippen LogP contribution is 2.18. The van der Waals surface area contributed by atoms with E-state index in [-0.39, 0.29) is 0 Å². The Hall–Kier alpha value is -0.120. The first kappa shape index (κ1) is 16.9. The van der Waals surface area contributed by atoms with E-state index in [1.54, 1.807) is 0 Å². The van der Waals surface area contributed by atoms with Crippen LogP contribution < -0.4 is 5.32 Å². The van der Waals surface area contributed by atoms with Crippen LogP contribution in [0.2, 0.25) is 0 Å². The first-order valence-corrected chi connectivity index (χ1v) is 8.15. The van der Waals surface area contributed by atoms with Gasteiger partial charge in [-0.2, -0.15) is 0 Å². The van der Waals surface area contributed by atoms with Crippen LogP contribution in [0.4, 0.5) is 0 Å². The third-order valence-corrected chi connectivity index (χ3v) is 4.52. The summed E-state index contributed by atoms with van der Waals surface area (Å²) in [5.74, 6) is 1.41. The fourth-order valence-corrected chi connectivity index (χ4v) is 2.90. The van der Waals surface area contributed by atoms with Gasteiger partial charge in [0.2, 0.25) is 0 Å². The predicted molar refractivity (Wildman–Crippen MR) is 82.6 cm³/mol. The summed E-state index contributed by atoms with van der Waals surface area (Å²) in [5, 5.41) is 3.73. The van der Waals surface area contributed by atoms with Crippen LogP contribution >= 0.6 is 0 Å². The van der Waals surface area contributed by atoms with Gasteiger partial charge in [0, 0.05) is 25.2 Å². The second kappa shape index (κ2) is 8.93. The van der Waals surface area contributed by atoms with Crippen molar-refractivity contribution in [1.82, 2.24) is 10.2 Å². The molecule has 19 heavy (non-hydrogen) atoms. The van der Waals surface area contributed by atoms with Gasteiger partial charge >= 0.3 is 0 Å². The maximum absolute atomic E-state index is 5.71. The first-order chi connectivity index (χ1) is 9.10. The second-order valence-corrected chi connectivity index (χ2v) is 6.27. The van der Waals surface area contributed by atoms with Crippen LogP contribution in [0.3, 0.4) is 0 Å². The summed E-state index contributed by atoms with van der Waals surface area (Å²) in [4.78, 5) is 2.66. The molecule has 0 aromatic carbocycles. The van der Waals surface area contributed by atoms with Gasteiger partial charge in [-0.05, 0) is 38.3 Å². The van der Waals surface area contributed by atoms with Crippen molar-refractivity contribution in [3.8, 4) is 0 Å². The topological polar surface area (TPSA) is 24.5 Å². The average molecular weight is 270 g/mol. The molecule has 0 aliphatic carbocycles. The molecule has 0 aromatic heterocycles. The molecule has 3 atom stereocenters. The Morgan fingerprint density at radius 3 is 2.58 bits per heavy atom. The lowest BCUT2D eigenvalue weighted by Crippen LogP contribution is -2.48.